The third-order valence-corrected chi connectivity index (χ3v) is 1.91. The molecule has 12 heavy (non-hydrogen) atoms. The van der Waals surface area contributed by atoms with Crippen molar-refractivity contribution in [3.63, 3.8) is 0 Å². The Morgan fingerprint density at radius 3 is 2.83 bits per heavy atom. The highest BCUT2D eigenvalue weighted by Crippen LogP contribution is 2.14. The molecule has 0 bridgehead atoms. The van der Waals surface area contributed by atoms with Crippen molar-refractivity contribution in [2.45, 2.75) is 19.9 Å². The van der Waals surface area contributed by atoms with E-state index in [4.69, 9.17) is 10.5 Å². The Morgan fingerprint density at radius 1 is 1.75 bits per heavy atom. The second-order valence-electron chi connectivity index (χ2n) is 2.93. The number of ether oxygens (including phenoxy) is 1. The van der Waals surface area contributed by atoms with Crippen LogP contribution in [0.25, 0.3) is 0 Å². The summed E-state index contributed by atoms with van der Waals surface area (Å²) in [6, 6.07) is 0.243. The van der Waals surface area contributed by atoms with Crippen molar-refractivity contribution in [3.8, 4) is 0 Å². The highest BCUT2D eigenvalue weighted by molar-refractivity contribution is 5.39. The van der Waals surface area contributed by atoms with E-state index >= 15 is 0 Å². The number of anilines is 1. The van der Waals surface area contributed by atoms with Gasteiger partial charge in [0, 0.05) is 7.11 Å². The Bertz CT molecular complexity index is 257. The predicted octanol–water partition coefficient (Wildman–Crippen LogP) is 0.981. The highest BCUT2D eigenvalue weighted by atomic mass is 16.5. The number of hydrogen-bond acceptors (Lipinski definition) is 3. The molecule has 0 radical (unpaired) electrons. The first-order valence-corrected chi connectivity index (χ1v) is 3.95. The standard InChI is InChI=1S/C8H15N3O/c1-6(5-12-3)11-7(2)8(9)4-10-11/h4,6H,5,9H2,1-3H3/t6-/m1/s1. The summed E-state index contributed by atoms with van der Waals surface area (Å²) in [5.74, 6) is 0. The zero-order chi connectivity index (χ0) is 9.14. The minimum absolute atomic E-state index is 0.243. The molecule has 68 valence electrons. The van der Waals surface area contributed by atoms with E-state index in [1.54, 1.807) is 13.3 Å². The molecule has 0 aliphatic carbocycles. The van der Waals surface area contributed by atoms with Gasteiger partial charge in [-0.1, -0.05) is 0 Å². The molecule has 1 aromatic rings. The third-order valence-electron chi connectivity index (χ3n) is 1.91. The van der Waals surface area contributed by atoms with Crippen LogP contribution in [-0.4, -0.2) is 23.5 Å². The number of nitrogens with two attached hydrogens (primary N) is 1. The maximum Gasteiger partial charge on any atom is 0.0730 e. The molecular weight excluding hydrogens is 154 g/mol. The fraction of sp³-hybridized carbons (Fsp3) is 0.625. The lowest BCUT2D eigenvalue weighted by Gasteiger charge is -2.12. The topological polar surface area (TPSA) is 53.1 Å². The van der Waals surface area contributed by atoms with E-state index in [2.05, 4.69) is 5.10 Å². The van der Waals surface area contributed by atoms with Crippen molar-refractivity contribution in [2.24, 2.45) is 0 Å². The Balaban J connectivity index is 2.80. The van der Waals surface area contributed by atoms with E-state index in [1.165, 1.54) is 0 Å². The smallest absolute Gasteiger partial charge is 0.0730 e. The minimum Gasteiger partial charge on any atom is -0.396 e. The van der Waals surface area contributed by atoms with Crippen molar-refractivity contribution in [1.29, 1.82) is 0 Å². The van der Waals surface area contributed by atoms with E-state index < -0.39 is 0 Å². The molecule has 0 amide bonds. The molecule has 4 heteroatoms. The van der Waals surface area contributed by atoms with Gasteiger partial charge in [-0.2, -0.15) is 5.10 Å². The maximum atomic E-state index is 5.65. The Labute approximate surface area is 72.3 Å². The van der Waals surface area contributed by atoms with Crippen LogP contribution in [-0.2, 0) is 4.74 Å². The molecule has 1 rings (SSSR count). The maximum absolute atomic E-state index is 5.65. The summed E-state index contributed by atoms with van der Waals surface area (Å²) >= 11 is 0. The van der Waals surface area contributed by atoms with Gasteiger partial charge in [0.2, 0.25) is 0 Å². The van der Waals surface area contributed by atoms with E-state index in [9.17, 15) is 0 Å². The van der Waals surface area contributed by atoms with Gasteiger partial charge in [0.1, 0.15) is 0 Å². The van der Waals surface area contributed by atoms with E-state index in [1.807, 2.05) is 18.5 Å². The molecule has 0 aliphatic rings. The molecule has 1 aromatic heterocycles. The van der Waals surface area contributed by atoms with Crippen molar-refractivity contribution in [2.75, 3.05) is 19.5 Å². The zero-order valence-electron chi connectivity index (χ0n) is 7.74. The Kier molecular flexibility index (Phi) is 2.70. The van der Waals surface area contributed by atoms with Crippen LogP contribution in [0.1, 0.15) is 18.7 Å². The molecule has 0 fully saturated rings. The Hall–Kier alpha value is -1.03. The summed E-state index contributed by atoms with van der Waals surface area (Å²) in [5.41, 5.74) is 7.38. The monoisotopic (exact) mass is 169 g/mol. The van der Waals surface area contributed by atoms with Gasteiger partial charge in [0.05, 0.1) is 30.2 Å². The average molecular weight is 169 g/mol. The molecule has 1 atom stereocenters. The number of rotatable bonds is 3. The molecule has 0 saturated carbocycles. The number of hydrogen-bond donors (Lipinski definition) is 1. The third kappa shape index (κ3) is 1.58. The van der Waals surface area contributed by atoms with Crippen LogP contribution < -0.4 is 5.73 Å². The zero-order valence-corrected chi connectivity index (χ0v) is 7.74. The van der Waals surface area contributed by atoms with Crippen molar-refractivity contribution in [1.82, 2.24) is 9.78 Å². The minimum atomic E-state index is 0.243. The lowest BCUT2D eigenvalue weighted by atomic mass is 10.3. The molecule has 0 saturated heterocycles. The summed E-state index contributed by atoms with van der Waals surface area (Å²) in [7, 11) is 1.68. The number of nitrogen functional groups attached to an aromatic ring is 1. The number of nitrogens with zero attached hydrogens (tertiary/aromatic N) is 2. The van der Waals surface area contributed by atoms with Gasteiger partial charge in [0.15, 0.2) is 0 Å². The number of methoxy groups -OCH3 is 1. The highest BCUT2D eigenvalue weighted by Gasteiger charge is 2.09. The molecule has 0 unspecified atom stereocenters. The first-order valence-electron chi connectivity index (χ1n) is 3.95. The first kappa shape index (κ1) is 9.06. The van der Waals surface area contributed by atoms with Crippen LogP contribution in [0.2, 0.25) is 0 Å². The molecule has 2 N–H and O–H groups in total. The number of aromatic nitrogens is 2. The van der Waals surface area contributed by atoms with Crippen LogP contribution in [0.15, 0.2) is 6.20 Å². The SMILES string of the molecule is COC[C@@H](C)n1ncc(N)c1C. The summed E-state index contributed by atoms with van der Waals surface area (Å²) < 4.78 is 6.89. The van der Waals surface area contributed by atoms with Gasteiger partial charge in [-0.15, -0.1) is 0 Å². The lowest BCUT2D eigenvalue weighted by Crippen LogP contribution is -2.13. The molecule has 1 heterocycles. The summed E-state index contributed by atoms with van der Waals surface area (Å²) in [6.07, 6.45) is 1.67. The quantitative estimate of drug-likeness (QED) is 0.733. The van der Waals surface area contributed by atoms with Gasteiger partial charge in [-0.25, -0.2) is 0 Å². The predicted molar refractivity (Wildman–Crippen MR) is 48.0 cm³/mol. The lowest BCUT2D eigenvalue weighted by molar-refractivity contribution is 0.156. The van der Waals surface area contributed by atoms with Gasteiger partial charge in [0.25, 0.3) is 0 Å². The summed E-state index contributed by atoms with van der Waals surface area (Å²) in [4.78, 5) is 0. The van der Waals surface area contributed by atoms with E-state index in [-0.39, 0.29) is 6.04 Å². The fourth-order valence-electron chi connectivity index (χ4n) is 1.19. The van der Waals surface area contributed by atoms with Gasteiger partial charge >= 0.3 is 0 Å². The second kappa shape index (κ2) is 3.58. The summed E-state index contributed by atoms with van der Waals surface area (Å²) in [6.45, 7) is 4.65. The van der Waals surface area contributed by atoms with Crippen LogP contribution in [0, 0.1) is 6.92 Å². The Morgan fingerprint density at radius 2 is 2.42 bits per heavy atom. The second-order valence-corrected chi connectivity index (χ2v) is 2.93. The fourth-order valence-corrected chi connectivity index (χ4v) is 1.19. The summed E-state index contributed by atoms with van der Waals surface area (Å²) in [5, 5.41) is 4.15. The molecule has 0 aliphatic heterocycles. The average Bonchev–Trinajstić information content (AvgIpc) is 2.34. The van der Waals surface area contributed by atoms with E-state index in [0.29, 0.717) is 6.61 Å². The van der Waals surface area contributed by atoms with Crippen LogP contribution in [0.5, 0.6) is 0 Å². The van der Waals surface area contributed by atoms with Crippen molar-refractivity contribution >= 4 is 5.69 Å². The first-order chi connectivity index (χ1) is 5.66. The van der Waals surface area contributed by atoms with Gasteiger partial charge in [-0.05, 0) is 13.8 Å². The van der Waals surface area contributed by atoms with Gasteiger partial charge < -0.3 is 10.5 Å². The largest absolute Gasteiger partial charge is 0.396 e. The molecule has 0 aromatic carbocycles. The normalized spacial score (nSPS) is 13.2. The van der Waals surface area contributed by atoms with Gasteiger partial charge in [-0.3, -0.25) is 4.68 Å². The van der Waals surface area contributed by atoms with Crippen molar-refractivity contribution in [3.05, 3.63) is 11.9 Å². The van der Waals surface area contributed by atoms with Crippen LogP contribution in [0.3, 0.4) is 0 Å². The molecular formula is C8H15N3O. The van der Waals surface area contributed by atoms with Crippen molar-refractivity contribution < 1.29 is 4.74 Å². The van der Waals surface area contributed by atoms with Crippen LogP contribution in [0.4, 0.5) is 5.69 Å². The van der Waals surface area contributed by atoms with E-state index in [0.717, 1.165) is 11.4 Å². The molecule has 0 spiro atoms. The van der Waals surface area contributed by atoms with Crippen LogP contribution >= 0.6 is 0 Å². The molecule has 4 nitrogen and oxygen atoms in total.